The molecule has 2 fully saturated rings. The van der Waals surface area contributed by atoms with Gasteiger partial charge in [0.15, 0.2) is 0 Å². The largest absolute Gasteiger partial charge is 0.374 e. The molecule has 2 aliphatic rings. The first-order valence-electron chi connectivity index (χ1n) is 10.5. The predicted molar refractivity (Wildman–Crippen MR) is 116 cm³/mol. The molecule has 1 saturated heterocycles. The monoisotopic (exact) mass is 428 g/mol. The van der Waals surface area contributed by atoms with E-state index in [1.165, 1.54) is 6.07 Å². The highest BCUT2D eigenvalue weighted by atomic mass is 32.2. The topological polar surface area (TPSA) is 75.7 Å². The van der Waals surface area contributed by atoms with Gasteiger partial charge in [-0.2, -0.15) is 0 Å². The van der Waals surface area contributed by atoms with Crippen molar-refractivity contribution in [3.8, 4) is 0 Å². The van der Waals surface area contributed by atoms with Gasteiger partial charge >= 0.3 is 0 Å². The molecular weight excluding hydrogens is 400 g/mol. The van der Waals surface area contributed by atoms with Crippen LogP contribution in [0.2, 0.25) is 0 Å². The molecule has 0 bridgehead atoms. The molecule has 1 aliphatic carbocycles. The molecule has 30 heavy (non-hydrogen) atoms. The summed E-state index contributed by atoms with van der Waals surface area (Å²) in [5.74, 6) is -0.111. The van der Waals surface area contributed by atoms with Crippen molar-refractivity contribution in [3.63, 3.8) is 0 Å². The van der Waals surface area contributed by atoms with Crippen LogP contribution in [0.3, 0.4) is 0 Å². The zero-order chi connectivity index (χ0) is 21.3. The van der Waals surface area contributed by atoms with Gasteiger partial charge in [-0.25, -0.2) is 8.42 Å². The number of sulfonamides is 1. The van der Waals surface area contributed by atoms with E-state index in [0.29, 0.717) is 24.4 Å². The summed E-state index contributed by atoms with van der Waals surface area (Å²) in [5, 5.41) is 0. The highest BCUT2D eigenvalue weighted by Crippen LogP contribution is 2.30. The van der Waals surface area contributed by atoms with Crippen molar-refractivity contribution in [1.82, 2.24) is 4.90 Å². The third-order valence-corrected chi connectivity index (χ3v) is 7.50. The van der Waals surface area contributed by atoms with Crippen molar-refractivity contribution in [1.29, 1.82) is 0 Å². The third kappa shape index (κ3) is 4.09. The van der Waals surface area contributed by atoms with E-state index in [1.807, 2.05) is 30.9 Å². The lowest BCUT2D eigenvalue weighted by Gasteiger charge is -2.44. The van der Waals surface area contributed by atoms with Gasteiger partial charge in [-0.05, 0) is 56.0 Å². The van der Waals surface area contributed by atoms with Crippen molar-refractivity contribution >= 4 is 21.6 Å². The first-order chi connectivity index (χ1) is 14.4. The van der Waals surface area contributed by atoms with E-state index in [2.05, 4.69) is 4.72 Å². The minimum atomic E-state index is -3.81. The molecule has 1 N–H and O–H groups in total. The number of anilines is 1. The molecule has 4 rings (SSSR count). The second-order valence-corrected chi connectivity index (χ2v) is 9.84. The first-order valence-corrected chi connectivity index (χ1v) is 12.0. The van der Waals surface area contributed by atoms with E-state index < -0.39 is 10.0 Å². The van der Waals surface area contributed by atoms with Crippen LogP contribution in [0.4, 0.5) is 5.69 Å². The molecule has 2 unspecified atom stereocenters. The van der Waals surface area contributed by atoms with Crippen LogP contribution in [0.15, 0.2) is 47.4 Å². The van der Waals surface area contributed by atoms with Gasteiger partial charge in [0.25, 0.3) is 15.9 Å². The first kappa shape index (κ1) is 20.9. The third-order valence-electron chi connectivity index (χ3n) is 6.13. The highest BCUT2D eigenvalue weighted by molar-refractivity contribution is 7.92. The fourth-order valence-corrected chi connectivity index (χ4v) is 5.55. The average molecular weight is 429 g/mol. The molecule has 2 aromatic carbocycles. The van der Waals surface area contributed by atoms with E-state index in [0.717, 1.165) is 36.8 Å². The maximum atomic E-state index is 13.4. The molecule has 0 radical (unpaired) electrons. The summed E-state index contributed by atoms with van der Waals surface area (Å²) in [4.78, 5) is 15.4. The zero-order valence-electron chi connectivity index (χ0n) is 17.4. The number of para-hydroxylation sites is 1. The van der Waals surface area contributed by atoms with E-state index >= 15 is 0 Å². The van der Waals surface area contributed by atoms with Gasteiger partial charge in [0.1, 0.15) is 0 Å². The van der Waals surface area contributed by atoms with Gasteiger partial charge in [0.05, 0.1) is 29.3 Å². The lowest BCUT2D eigenvalue weighted by atomic mass is 9.89. The van der Waals surface area contributed by atoms with E-state index in [9.17, 15) is 13.2 Å². The van der Waals surface area contributed by atoms with Crippen molar-refractivity contribution < 1.29 is 17.9 Å². The molecule has 160 valence electrons. The van der Waals surface area contributed by atoms with Gasteiger partial charge in [0, 0.05) is 12.1 Å². The minimum Gasteiger partial charge on any atom is -0.374 e. The fraction of sp³-hybridized carbons (Fsp3) is 0.435. The number of carbonyl (C=O) groups excluding carboxylic acids is 1. The molecular formula is C23H28N2O4S. The average Bonchev–Trinajstić information content (AvgIpc) is 2.74. The number of morpholine rings is 1. The van der Waals surface area contributed by atoms with Crippen LogP contribution < -0.4 is 4.72 Å². The van der Waals surface area contributed by atoms with E-state index in [4.69, 9.17) is 4.74 Å². The maximum absolute atomic E-state index is 13.4. The Labute approximate surface area is 178 Å². The number of amides is 1. The number of hydrogen-bond donors (Lipinski definition) is 1. The van der Waals surface area contributed by atoms with Crippen LogP contribution >= 0.6 is 0 Å². The normalized spacial score (nSPS) is 21.7. The minimum absolute atomic E-state index is 0.0738. The van der Waals surface area contributed by atoms with Crippen LogP contribution in [0.5, 0.6) is 0 Å². The van der Waals surface area contributed by atoms with Crippen LogP contribution in [-0.2, 0) is 14.8 Å². The molecule has 0 aromatic heterocycles. The lowest BCUT2D eigenvalue weighted by Crippen LogP contribution is -2.54. The Morgan fingerprint density at radius 2 is 1.83 bits per heavy atom. The fourth-order valence-electron chi connectivity index (χ4n) is 4.39. The van der Waals surface area contributed by atoms with Crippen molar-refractivity contribution in [2.75, 3.05) is 17.9 Å². The zero-order valence-corrected chi connectivity index (χ0v) is 18.2. The summed E-state index contributed by atoms with van der Waals surface area (Å²) in [6.45, 7) is 4.76. The summed E-state index contributed by atoms with van der Waals surface area (Å²) in [6.07, 6.45) is 4.21. The molecule has 1 saturated carbocycles. The Hall–Kier alpha value is -2.38. The van der Waals surface area contributed by atoms with Crippen LogP contribution in [0.25, 0.3) is 0 Å². The predicted octanol–water partition coefficient (Wildman–Crippen LogP) is 3.89. The Kier molecular flexibility index (Phi) is 5.84. The van der Waals surface area contributed by atoms with Crippen LogP contribution in [0.1, 0.15) is 47.2 Å². The van der Waals surface area contributed by atoms with Gasteiger partial charge in [-0.15, -0.1) is 0 Å². The number of nitrogens with one attached hydrogen (secondary N) is 1. The van der Waals surface area contributed by atoms with Crippen LogP contribution in [0, 0.1) is 13.8 Å². The number of aryl methyl sites for hydroxylation is 2. The summed E-state index contributed by atoms with van der Waals surface area (Å²) < 4.78 is 34.5. The standard InChI is InChI=1S/C23H28N2O4S/c1-16-11-12-18(30(27,28)24-20-8-4-3-7-17(20)2)15-19(16)23(26)25-13-14-29-22-10-6-5-9-21(22)25/h3-4,7-8,11-12,15,21-22,24H,5-6,9-10,13-14H2,1-2H3. The number of hydrogen-bond acceptors (Lipinski definition) is 4. The maximum Gasteiger partial charge on any atom is 0.261 e. The van der Waals surface area contributed by atoms with Crippen molar-refractivity contribution in [2.45, 2.75) is 56.6 Å². The Bertz CT molecular complexity index is 1050. The number of rotatable bonds is 4. The lowest BCUT2D eigenvalue weighted by molar-refractivity contribution is -0.0753. The SMILES string of the molecule is Cc1ccccc1NS(=O)(=O)c1ccc(C)c(C(=O)N2CCOC3CCCCC32)c1. The van der Waals surface area contributed by atoms with Gasteiger partial charge < -0.3 is 9.64 Å². The summed E-state index contributed by atoms with van der Waals surface area (Å²) in [5.41, 5.74) is 2.58. The molecule has 1 amide bonds. The van der Waals surface area contributed by atoms with E-state index in [-0.39, 0.29) is 22.9 Å². The molecule has 2 atom stereocenters. The van der Waals surface area contributed by atoms with E-state index in [1.54, 1.807) is 24.3 Å². The molecule has 0 spiro atoms. The summed E-state index contributed by atoms with van der Waals surface area (Å²) in [7, 11) is -3.81. The molecule has 2 aromatic rings. The van der Waals surface area contributed by atoms with Gasteiger partial charge in [-0.1, -0.05) is 37.1 Å². The highest BCUT2D eigenvalue weighted by Gasteiger charge is 2.37. The molecule has 6 nitrogen and oxygen atoms in total. The summed E-state index contributed by atoms with van der Waals surface area (Å²) >= 11 is 0. The second-order valence-electron chi connectivity index (χ2n) is 8.16. The second kappa shape index (κ2) is 8.40. The number of fused-ring (bicyclic) bond motifs is 1. The number of carbonyl (C=O) groups is 1. The number of nitrogens with zero attached hydrogens (tertiary/aromatic N) is 1. The Morgan fingerprint density at radius 1 is 1.07 bits per heavy atom. The van der Waals surface area contributed by atoms with Gasteiger partial charge in [0.2, 0.25) is 0 Å². The molecule has 1 aliphatic heterocycles. The van der Waals surface area contributed by atoms with Crippen molar-refractivity contribution in [3.05, 3.63) is 59.2 Å². The Morgan fingerprint density at radius 3 is 2.63 bits per heavy atom. The molecule has 7 heteroatoms. The molecule has 1 heterocycles. The van der Waals surface area contributed by atoms with Crippen molar-refractivity contribution in [2.24, 2.45) is 0 Å². The Balaban J connectivity index is 1.63. The summed E-state index contributed by atoms with van der Waals surface area (Å²) in [6, 6.07) is 12.1. The number of benzene rings is 2. The quantitative estimate of drug-likeness (QED) is 0.802. The number of ether oxygens (including phenoxy) is 1. The smallest absolute Gasteiger partial charge is 0.261 e. The van der Waals surface area contributed by atoms with Crippen LogP contribution in [-0.4, -0.2) is 44.5 Å². The van der Waals surface area contributed by atoms with Gasteiger partial charge in [-0.3, -0.25) is 9.52 Å².